The first-order valence-electron chi connectivity index (χ1n) is 5.29. The van der Waals surface area contributed by atoms with Gasteiger partial charge in [0.25, 0.3) is 0 Å². The number of nitrogens with zero attached hydrogens (tertiary/aromatic N) is 2. The Bertz CT molecular complexity index is 519. The van der Waals surface area contributed by atoms with Crippen molar-refractivity contribution in [2.24, 2.45) is 0 Å². The van der Waals surface area contributed by atoms with E-state index >= 15 is 0 Å². The number of thiophene rings is 1. The molecule has 0 amide bonds. The Morgan fingerprint density at radius 1 is 1.31 bits per heavy atom. The molecule has 2 aromatic heterocycles. The average Bonchev–Trinajstić information content (AvgIpc) is 2.52. The third-order valence-corrected chi connectivity index (χ3v) is 4.63. The second-order valence-electron chi connectivity index (χ2n) is 3.70. The van der Waals surface area contributed by atoms with Crippen LogP contribution in [0.25, 0.3) is 10.2 Å². The van der Waals surface area contributed by atoms with E-state index in [1.54, 1.807) is 23.1 Å². The number of hydrogen-bond acceptors (Lipinski definition) is 5. The number of anilines is 1. The zero-order valence-electron chi connectivity index (χ0n) is 9.70. The lowest BCUT2D eigenvalue weighted by Gasteiger charge is -2.01. The Labute approximate surface area is 103 Å². The Morgan fingerprint density at radius 3 is 2.75 bits per heavy atom. The topological polar surface area (TPSA) is 51.8 Å². The summed E-state index contributed by atoms with van der Waals surface area (Å²) in [5, 5.41) is 1.83. The van der Waals surface area contributed by atoms with Gasteiger partial charge in [-0.3, -0.25) is 0 Å². The lowest BCUT2D eigenvalue weighted by molar-refractivity contribution is 1.01. The molecule has 0 aliphatic carbocycles. The summed E-state index contributed by atoms with van der Waals surface area (Å²) in [5.74, 6) is 1.65. The fourth-order valence-electron chi connectivity index (χ4n) is 1.52. The van der Waals surface area contributed by atoms with Gasteiger partial charge in [0.2, 0.25) is 0 Å². The highest BCUT2D eigenvalue weighted by atomic mass is 32.2. The van der Waals surface area contributed by atoms with Crippen molar-refractivity contribution in [3.05, 3.63) is 10.4 Å². The van der Waals surface area contributed by atoms with Gasteiger partial charge in [-0.15, -0.1) is 11.3 Å². The fourth-order valence-corrected chi connectivity index (χ4v) is 3.32. The van der Waals surface area contributed by atoms with Crippen LogP contribution in [0.1, 0.15) is 23.8 Å². The van der Waals surface area contributed by atoms with Gasteiger partial charge in [-0.05, 0) is 25.8 Å². The largest absolute Gasteiger partial charge is 0.383 e. The highest BCUT2D eigenvalue weighted by molar-refractivity contribution is 7.99. The normalized spacial score (nSPS) is 11.2. The summed E-state index contributed by atoms with van der Waals surface area (Å²) in [6, 6.07) is 0. The smallest absolute Gasteiger partial charge is 0.190 e. The van der Waals surface area contributed by atoms with Gasteiger partial charge in [0.15, 0.2) is 5.16 Å². The van der Waals surface area contributed by atoms with Crippen molar-refractivity contribution in [1.82, 2.24) is 9.97 Å². The van der Waals surface area contributed by atoms with Gasteiger partial charge in [-0.1, -0.05) is 18.7 Å². The fraction of sp³-hybridized carbons (Fsp3) is 0.455. The predicted octanol–water partition coefficient (Wildman–Crippen LogP) is 3.39. The quantitative estimate of drug-likeness (QED) is 0.673. The van der Waals surface area contributed by atoms with E-state index in [4.69, 9.17) is 5.73 Å². The molecule has 5 heteroatoms. The Balaban J connectivity index is 2.51. The molecule has 2 aromatic rings. The maximum atomic E-state index is 5.99. The van der Waals surface area contributed by atoms with Crippen molar-refractivity contribution in [3.63, 3.8) is 0 Å². The summed E-state index contributed by atoms with van der Waals surface area (Å²) in [6.45, 7) is 6.32. The Morgan fingerprint density at radius 2 is 2.06 bits per heavy atom. The number of thioether (sulfide) groups is 1. The Hall–Kier alpha value is -0.810. The molecule has 86 valence electrons. The van der Waals surface area contributed by atoms with Gasteiger partial charge in [-0.2, -0.15) is 0 Å². The van der Waals surface area contributed by atoms with E-state index in [9.17, 15) is 0 Å². The molecule has 3 nitrogen and oxygen atoms in total. The molecular weight excluding hydrogens is 238 g/mol. The second-order valence-corrected chi connectivity index (χ2v) is 5.97. The number of nitrogen functional groups attached to an aromatic ring is 1. The number of hydrogen-bond donors (Lipinski definition) is 1. The van der Waals surface area contributed by atoms with Crippen LogP contribution in [0.2, 0.25) is 0 Å². The molecule has 0 radical (unpaired) electrons. The lowest BCUT2D eigenvalue weighted by atomic mass is 10.2. The van der Waals surface area contributed by atoms with Crippen LogP contribution in [0, 0.1) is 13.8 Å². The molecule has 0 saturated carbocycles. The van der Waals surface area contributed by atoms with E-state index in [-0.39, 0.29) is 0 Å². The summed E-state index contributed by atoms with van der Waals surface area (Å²) < 4.78 is 0. The van der Waals surface area contributed by atoms with Crippen LogP contribution in [-0.4, -0.2) is 15.7 Å². The zero-order valence-corrected chi connectivity index (χ0v) is 11.3. The minimum Gasteiger partial charge on any atom is -0.383 e. The number of nitrogens with two attached hydrogens (primary N) is 1. The zero-order chi connectivity index (χ0) is 11.7. The van der Waals surface area contributed by atoms with E-state index in [2.05, 4.69) is 30.7 Å². The number of aryl methyl sites for hydroxylation is 2. The van der Waals surface area contributed by atoms with Crippen molar-refractivity contribution in [2.75, 3.05) is 11.5 Å². The van der Waals surface area contributed by atoms with Gasteiger partial charge in [0, 0.05) is 10.6 Å². The van der Waals surface area contributed by atoms with Crippen molar-refractivity contribution in [3.8, 4) is 0 Å². The molecular formula is C11H15N3S2. The molecule has 0 aliphatic heterocycles. The van der Waals surface area contributed by atoms with Crippen molar-refractivity contribution < 1.29 is 0 Å². The van der Waals surface area contributed by atoms with E-state index in [1.165, 1.54) is 10.4 Å². The minimum atomic E-state index is 0.616. The molecule has 2 rings (SSSR count). The third-order valence-electron chi connectivity index (χ3n) is 2.47. The summed E-state index contributed by atoms with van der Waals surface area (Å²) in [5.41, 5.74) is 7.20. The molecule has 0 aromatic carbocycles. The van der Waals surface area contributed by atoms with Crippen LogP contribution in [-0.2, 0) is 0 Å². The minimum absolute atomic E-state index is 0.616. The molecule has 0 fully saturated rings. The lowest BCUT2D eigenvalue weighted by Crippen LogP contribution is -1.96. The first-order valence-corrected chi connectivity index (χ1v) is 7.09. The van der Waals surface area contributed by atoms with Crippen LogP contribution in [0.5, 0.6) is 0 Å². The second kappa shape index (κ2) is 4.59. The van der Waals surface area contributed by atoms with E-state index in [0.717, 1.165) is 27.5 Å². The van der Waals surface area contributed by atoms with E-state index in [0.29, 0.717) is 5.82 Å². The monoisotopic (exact) mass is 253 g/mol. The maximum absolute atomic E-state index is 5.99. The van der Waals surface area contributed by atoms with Crippen molar-refractivity contribution >= 4 is 39.1 Å². The van der Waals surface area contributed by atoms with Crippen LogP contribution in [0.3, 0.4) is 0 Å². The molecule has 16 heavy (non-hydrogen) atoms. The summed E-state index contributed by atoms with van der Waals surface area (Å²) in [7, 11) is 0. The highest BCUT2D eigenvalue weighted by Crippen LogP contribution is 2.33. The standard InChI is InChI=1S/C11H15N3S2/c1-4-5-15-11-13-9(12)8-6(2)7(3)16-10(8)14-11/h4-5H2,1-3H3,(H2,12,13,14). The van der Waals surface area contributed by atoms with Crippen molar-refractivity contribution in [1.29, 1.82) is 0 Å². The van der Waals surface area contributed by atoms with Crippen molar-refractivity contribution in [2.45, 2.75) is 32.3 Å². The Kier molecular flexibility index (Phi) is 3.35. The van der Waals surface area contributed by atoms with Crippen LogP contribution in [0.4, 0.5) is 5.82 Å². The molecule has 2 heterocycles. The van der Waals surface area contributed by atoms with Crippen LogP contribution in [0.15, 0.2) is 5.16 Å². The van der Waals surface area contributed by atoms with Gasteiger partial charge in [0.05, 0.1) is 5.39 Å². The third kappa shape index (κ3) is 2.01. The van der Waals surface area contributed by atoms with E-state index < -0.39 is 0 Å². The van der Waals surface area contributed by atoms with Gasteiger partial charge in [0.1, 0.15) is 10.6 Å². The summed E-state index contributed by atoms with van der Waals surface area (Å²) in [4.78, 5) is 11.2. The van der Waals surface area contributed by atoms with E-state index in [1.807, 2.05) is 0 Å². The molecule has 0 aliphatic rings. The predicted molar refractivity (Wildman–Crippen MR) is 72.3 cm³/mol. The number of aromatic nitrogens is 2. The van der Waals surface area contributed by atoms with Gasteiger partial charge >= 0.3 is 0 Å². The molecule has 0 atom stereocenters. The summed E-state index contributed by atoms with van der Waals surface area (Å²) in [6.07, 6.45) is 1.12. The number of rotatable bonds is 3. The van der Waals surface area contributed by atoms with Gasteiger partial charge in [-0.25, -0.2) is 9.97 Å². The first-order chi connectivity index (χ1) is 7.63. The average molecular weight is 253 g/mol. The number of fused-ring (bicyclic) bond motifs is 1. The van der Waals surface area contributed by atoms with Crippen LogP contribution >= 0.6 is 23.1 Å². The van der Waals surface area contributed by atoms with Crippen LogP contribution < -0.4 is 5.73 Å². The molecule has 0 bridgehead atoms. The molecule has 0 unspecified atom stereocenters. The first kappa shape index (κ1) is 11.7. The highest BCUT2D eigenvalue weighted by Gasteiger charge is 2.12. The van der Waals surface area contributed by atoms with Gasteiger partial charge < -0.3 is 5.73 Å². The molecule has 0 spiro atoms. The summed E-state index contributed by atoms with van der Waals surface area (Å²) >= 11 is 3.37. The SMILES string of the molecule is CCCSc1nc(N)c2c(C)c(C)sc2n1. The molecule has 0 saturated heterocycles. The maximum Gasteiger partial charge on any atom is 0.190 e. The molecule has 2 N–H and O–H groups in total.